The molecule has 0 N–H and O–H groups in total. The third-order valence-corrected chi connectivity index (χ3v) is 5.86. The van der Waals surface area contributed by atoms with E-state index >= 15 is 0 Å². The van der Waals surface area contributed by atoms with Crippen LogP contribution in [0, 0.1) is 0 Å². The van der Waals surface area contributed by atoms with E-state index in [1.165, 1.54) is 16.9 Å². The molecule has 0 bridgehead atoms. The summed E-state index contributed by atoms with van der Waals surface area (Å²) in [5.74, 6) is 2.31. The van der Waals surface area contributed by atoms with E-state index < -0.39 is 0 Å². The Hall–Kier alpha value is -2.71. The van der Waals surface area contributed by atoms with Crippen molar-refractivity contribution in [3.05, 3.63) is 57.5 Å². The number of aryl methyl sites for hydroxylation is 2. The summed E-state index contributed by atoms with van der Waals surface area (Å²) in [5, 5.41) is 10.5. The van der Waals surface area contributed by atoms with Gasteiger partial charge in [-0.1, -0.05) is 12.1 Å². The molecule has 28 heavy (non-hydrogen) atoms. The van der Waals surface area contributed by atoms with Gasteiger partial charge in [0.2, 0.25) is 5.78 Å². The maximum absolute atomic E-state index is 12.4. The Morgan fingerprint density at radius 1 is 1.18 bits per heavy atom. The maximum Gasteiger partial charge on any atom is 0.272 e. The molecule has 0 spiro atoms. The summed E-state index contributed by atoms with van der Waals surface area (Å²) in [6.45, 7) is 1.62. The van der Waals surface area contributed by atoms with Crippen molar-refractivity contribution in [2.75, 3.05) is 20.7 Å². The van der Waals surface area contributed by atoms with Crippen LogP contribution < -0.4 is 10.3 Å². The van der Waals surface area contributed by atoms with Gasteiger partial charge in [0.05, 0.1) is 19.2 Å². The minimum absolute atomic E-state index is 0.0238. The average Bonchev–Trinajstić information content (AvgIpc) is 3.34. The lowest BCUT2D eigenvalue weighted by Crippen LogP contribution is -2.23. The van der Waals surface area contributed by atoms with E-state index in [1.54, 1.807) is 18.7 Å². The molecule has 0 radical (unpaired) electrons. The van der Waals surface area contributed by atoms with Gasteiger partial charge in [0.1, 0.15) is 10.4 Å². The van der Waals surface area contributed by atoms with Crippen molar-refractivity contribution in [2.45, 2.75) is 19.4 Å². The van der Waals surface area contributed by atoms with Crippen LogP contribution >= 0.6 is 11.3 Å². The Bertz CT molecular complexity index is 1160. The topological polar surface area (TPSA) is 64.7 Å². The number of rotatable bonds is 7. The van der Waals surface area contributed by atoms with Crippen molar-refractivity contribution in [2.24, 2.45) is 7.05 Å². The molecule has 0 saturated heterocycles. The van der Waals surface area contributed by atoms with E-state index in [-0.39, 0.29) is 5.56 Å². The van der Waals surface area contributed by atoms with Gasteiger partial charge in [-0.3, -0.25) is 18.7 Å². The van der Waals surface area contributed by atoms with Crippen molar-refractivity contribution in [3.63, 3.8) is 0 Å². The predicted octanol–water partition coefficient (Wildman–Crippen LogP) is 2.72. The molecule has 0 atom stereocenters. The van der Waals surface area contributed by atoms with E-state index in [1.807, 2.05) is 28.0 Å². The van der Waals surface area contributed by atoms with Gasteiger partial charge < -0.3 is 4.74 Å². The van der Waals surface area contributed by atoms with Crippen molar-refractivity contribution in [3.8, 4) is 5.75 Å². The molecule has 0 aliphatic heterocycles. The monoisotopic (exact) mass is 397 g/mol. The summed E-state index contributed by atoms with van der Waals surface area (Å²) >= 11 is 1.46. The molecule has 3 aromatic heterocycles. The van der Waals surface area contributed by atoms with E-state index in [0.29, 0.717) is 12.3 Å². The lowest BCUT2D eigenvalue weighted by molar-refractivity contribution is 0.313. The smallest absolute Gasteiger partial charge is 0.272 e. The molecule has 4 aromatic rings. The van der Waals surface area contributed by atoms with Gasteiger partial charge in [0, 0.05) is 7.05 Å². The number of ether oxygens (including phenoxy) is 1. The second kappa shape index (κ2) is 7.73. The lowest BCUT2D eigenvalue weighted by Gasteiger charge is -2.15. The first-order valence-electron chi connectivity index (χ1n) is 9.20. The van der Waals surface area contributed by atoms with Gasteiger partial charge in [-0.15, -0.1) is 21.5 Å². The second-order valence-corrected chi connectivity index (χ2v) is 7.86. The highest BCUT2D eigenvalue weighted by molar-refractivity contribution is 7.17. The van der Waals surface area contributed by atoms with E-state index in [9.17, 15) is 4.79 Å². The van der Waals surface area contributed by atoms with Gasteiger partial charge in [-0.05, 0) is 55.6 Å². The molecule has 146 valence electrons. The zero-order chi connectivity index (χ0) is 19.7. The molecule has 7 nitrogen and oxygen atoms in total. The third-order valence-electron chi connectivity index (χ3n) is 4.97. The Morgan fingerprint density at radius 3 is 2.71 bits per heavy atom. The van der Waals surface area contributed by atoms with Crippen LogP contribution in [0.5, 0.6) is 5.75 Å². The summed E-state index contributed by atoms with van der Waals surface area (Å²) in [5.41, 5.74) is 2.16. The van der Waals surface area contributed by atoms with Crippen molar-refractivity contribution in [1.82, 2.24) is 24.1 Å². The third kappa shape index (κ3) is 3.41. The van der Waals surface area contributed by atoms with Crippen molar-refractivity contribution < 1.29 is 4.74 Å². The number of aromatic nitrogens is 4. The predicted molar refractivity (Wildman–Crippen MR) is 111 cm³/mol. The van der Waals surface area contributed by atoms with E-state index in [4.69, 9.17) is 4.74 Å². The normalized spacial score (nSPS) is 11.7. The standard InChI is InChI=1S/C20H23N5O2S/c1-23(11-4-5-14-6-8-15(27-3)9-7-14)13-17-21-22-20-24(2)19(26)18-16(25(17)20)10-12-28-18/h6-10,12H,4-5,11,13H2,1-3H3. The number of methoxy groups -OCH3 is 1. The number of fused-ring (bicyclic) bond motifs is 3. The molecule has 0 saturated carbocycles. The van der Waals surface area contributed by atoms with Gasteiger partial charge in [-0.2, -0.15) is 0 Å². The molecular formula is C20H23N5O2S. The summed E-state index contributed by atoms with van der Waals surface area (Å²) in [6.07, 6.45) is 2.06. The number of thiophene rings is 1. The van der Waals surface area contributed by atoms with Crippen LogP contribution in [0.1, 0.15) is 17.8 Å². The summed E-state index contributed by atoms with van der Waals surface area (Å²) in [7, 11) is 5.51. The van der Waals surface area contributed by atoms with Gasteiger partial charge in [0.25, 0.3) is 5.56 Å². The molecule has 1 aromatic carbocycles. The van der Waals surface area contributed by atoms with E-state index in [0.717, 1.165) is 41.2 Å². The summed E-state index contributed by atoms with van der Waals surface area (Å²) in [6, 6.07) is 10.2. The quantitative estimate of drug-likeness (QED) is 0.480. The van der Waals surface area contributed by atoms with Crippen LogP contribution in [0.3, 0.4) is 0 Å². The molecule has 0 fully saturated rings. The lowest BCUT2D eigenvalue weighted by atomic mass is 10.1. The van der Waals surface area contributed by atoms with Gasteiger partial charge >= 0.3 is 0 Å². The van der Waals surface area contributed by atoms with Crippen molar-refractivity contribution in [1.29, 1.82) is 0 Å². The van der Waals surface area contributed by atoms with Gasteiger partial charge in [0.15, 0.2) is 5.82 Å². The maximum atomic E-state index is 12.4. The van der Waals surface area contributed by atoms with Gasteiger partial charge in [-0.25, -0.2) is 0 Å². The molecule has 3 heterocycles. The van der Waals surface area contributed by atoms with Crippen molar-refractivity contribution >= 4 is 27.3 Å². The number of hydrogen-bond donors (Lipinski definition) is 0. The Kier molecular flexibility index (Phi) is 5.15. The van der Waals surface area contributed by atoms with Crippen LogP contribution in [0.15, 0.2) is 40.5 Å². The van der Waals surface area contributed by atoms with Crippen LogP contribution in [0.4, 0.5) is 0 Å². The molecule has 0 aliphatic carbocycles. The van der Waals surface area contributed by atoms with Crippen LogP contribution in [-0.4, -0.2) is 44.8 Å². The minimum Gasteiger partial charge on any atom is -0.497 e. The summed E-state index contributed by atoms with van der Waals surface area (Å²) in [4.78, 5) is 14.7. The summed E-state index contributed by atoms with van der Waals surface area (Å²) < 4.78 is 9.50. The van der Waals surface area contributed by atoms with Crippen LogP contribution in [0.2, 0.25) is 0 Å². The largest absolute Gasteiger partial charge is 0.497 e. The highest BCUT2D eigenvalue weighted by Crippen LogP contribution is 2.20. The second-order valence-electron chi connectivity index (χ2n) is 6.94. The Labute approximate surface area is 166 Å². The molecule has 0 unspecified atom stereocenters. The molecule has 0 amide bonds. The number of hydrogen-bond acceptors (Lipinski definition) is 6. The Balaban J connectivity index is 1.46. The van der Waals surface area contributed by atoms with Crippen LogP contribution in [0.25, 0.3) is 16.0 Å². The zero-order valence-corrected chi connectivity index (χ0v) is 17.1. The molecule has 0 aliphatic rings. The average molecular weight is 398 g/mol. The first-order valence-corrected chi connectivity index (χ1v) is 10.1. The highest BCUT2D eigenvalue weighted by atomic mass is 32.1. The fourth-order valence-corrected chi connectivity index (χ4v) is 4.27. The first-order chi connectivity index (χ1) is 13.6. The SMILES string of the molecule is COc1ccc(CCCN(C)Cc2nnc3n(C)c(=O)c4sccc4n23)cc1. The zero-order valence-electron chi connectivity index (χ0n) is 16.3. The highest BCUT2D eigenvalue weighted by Gasteiger charge is 2.16. The fraction of sp³-hybridized carbons (Fsp3) is 0.350. The first kappa shape index (κ1) is 18.6. The minimum atomic E-state index is -0.0238. The van der Waals surface area contributed by atoms with Crippen LogP contribution in [-0.2, 0) is 20.0 Å². The molecule has 4 rings (SSSR count). The number of nitrogens with zero attached hydrogens (tertiary/aromatic N) is 5. The molecular weight excluding hydrogens is 374 g/mol. The molecule has 8 heteroatoms. The number of benzene rings is 1. The Morgan fingerprint density at radius 2 is 1.96 bits per heavy atom. The fourth-order valence-electron chi connectivity index (χ4n) is 3.42. The van der Waals surface area contributed by atoms with E-state index in [2.05, 4.69) is 34.3 Å².